The smallest absolute Gasteiger partial charge is 0.282 e. The molecule has 0 saturated heterocycles. The first-order valence-electron chi connectivity index (χ1n) is 5.34. The zero-order valence-corrected chi connectivity index (χ0v) is 10.2. The summed E-state index contributed by atoms with van der Waals surface area (Å²) in [6.45, 7) is 0.346. The van der Waals surface area contributed by atoms with Gasteiger partial charge < -0.3 is 5.32 Å². The summed E-state index contributed by atoms with van der Waals surface area (Å²) in [5.41, 5.74) is -0.683. The van der Waals surface area contributed by atoms with Gasteiger partial charge in [0.25, 0.3) is 11.6 Å². The Labute approximate surface area is 108 Å². The molecule has 1 amide bonds. The zero-order valence-electron chi connectivity index (χ0n) is 9.49. The number of alkyl halides is 1. The van der Waals surface area contributed by atoms with Crippen LogP contribution in [0.2, 0.25) is 0 Å². The van der Waals surface area contributed by atoms with Crippen LogP contribution in [0.5, 0.6) is 0 Å². The van der Waals surface area contributed by atoms with Crippen molar-refractivity contribution in [1.82, 2.24) is 5.32 Å². The number of benzene rings is 1. The number of rotatable bonds is 6. The highest BCUT2D eigenvalue weighted by atomic mass is 35.5. The van der Waals surface area contributed by atoms with E-state index in [-0.39, 0.29) is 5.56 Å². The van der Waals surface area contributed by atoms with Gasteiger partial charge in [-0.3, -0.25) is 14.9 Å². The maximum Gasteiger partial charge on any atom is 0.282 e. The molecule has 0 aliphatic heterocycles. The van der Waals surface area contributed by atoms with Crippen molar-refractivity contribution >= 4 is 23.2 Å². The molecule has 1 aromatic rings. The van der Waals surface area contributed by atoms with Gasteiger partial charge in [0.1, 0.15) is 11.4 Å². The van der Waals surface area contributed by atoms with E-state index >= 15 is 0 Å². The average Bonchev–Trinajstić information content (AvgIpc) is 2.34. The van der Waals surface area contributed by atoms with E-state index in [1.165, 1.54) is 0 Å². The number of carbonyl (C=O) groups excluding carboxylic acids is 1. The van der Waals surface area contributed by atoms with Crippen molar-refractivity contribution in [3.63, 3.8) is 0 Å². The molecule has 5 nitrogen and oxygen atoms in total. The van der Waals surface area contributed by atoms with E-state index in [4.69, 9.17) is 11.6 Å². The number of nitro groups is 1. The van der Waals surface area contributed by atoms with E-state index in [0.29, 0.717) is 18.8 Å². The first-order valence-corrected chi connectivity index (χ1v) is 5.88. The summed E-state index contributed by atoms with van der Waals surface area (Å²) in [6.07, 6.45) is 1.39. The van der Waals surface area contributed by atoms with E-state index in [1.54, 1.807) is 0 Å². The molecule has 0 radical (unpaired) electrons. The number of carbonyl (C=O) groups is 1. The molecule has 0 bridgehead atoms. The SMILES string of the molecule is O=C(NCCCCCl)c1cc(F)ccc1[N+](=O)[O-]. The topological polar surface area (TPSA) is 72.2 Å². The Morgan fingerprint density at radius 1 is 1.44 bits per heavy atom. The highest BCUT2D eigenvalue weighted by Gasteiger charge is 2.20. The molecular formula is C11H12ClFN2O3. The van der Waals surface area contributed by atoms with Crippen LogP contribution in [-0.2, 0) is 0 Å². The van der Waals surface area contributed by atoms with Gasteiger partial charge in [0.15, 0.2) is 0 Å². The Morgan fingerprint density at radius 2 is 2.17 bits per heavy atom. The molecule has 98 valence electrons. The molecule has 1 N–H and O–H groups in total. The Morgan fingerprint density at radius 3 is 2.78 bits per heavy atom. The summed E-state index contributed by atoms with van der Waals surface area (Å²) in [7, 11) is 0. The van der Waals surface area contributed by atoms with Gasteiger partial charge in [-0.05, 0) is 25.0 Å². The van der Waals surface area contributed by atoms with Crippen LogP contribution in [0.3, 0.4) is 0 Å². The van der Waals surface area contributed by atoms with Gasteiger partial charge >= 0.3 is 0 Å². The van der Waals surface area contributed by atoms with Crippen LogP contribution in [0.4, 0.5) is 10.1 Å². The molecule has 0 atom stereocenters. The van der Waals surface area contributed by atoms with Crippen molar-refractivity contribution in [2.75, 3.05) is 12.4 Å². The van der Waals surface area contributed by atoms with Crippen LogP contribution in [-0.4, -0.2) is 23.3 Å². The Kier molecular flexibility index (Phi) is 5.51. The lowest BCUT2D eigenvalue weighted by molar-refractivity contribution is -0.385. The lowest BCUT2D eigenvalue weighted by Gasteiger charge is -2.05. The third-order valence-corrected chi connectivity index (χ3v) is 2.51. The molecule has 0 heterocycles. The minimum atomic E-state index is -0.715. The molecular weight excluding hydrogens is 263 g/mol. The number of nitro benzene ring substituents is 1. The van der Waals surface area contributed by atoms with E-state index in [1.807, 2.05) is 0 Å². The highest BCUT2D eigenvalue weighted by Crippen LogP contribution is 2.19. The lowest BCUT2D eigenvalue weighted by Crippen LogP contribution is -2.25. The van der Waals surface area contributed by atoms with Crippen LogP contribution < -0.4 is 5.32 Å². The molecule has 18 heavy (non-hydrogen) atoms. The third-order valence-electron chi connectivity index (χ3n) is 2.25. The first kappa shape index (κ1) is 14.4. The van der Waals surface area contributed by atoms with Gasteiger partial charge in [0.2, 0.25) is 0 Å². The molecule has 0 saturated carbocycles. The molecule has 0 spiro atoms. The number of nitrogens with one attached hydrogen (secondary N) is 1. The summed E-state index contributed by atoms with van der Waals surface area (Å²) in [5, 5.41) is 13.2. The number of hydrogen-bond donors (Lipinski definition) is 1. The number of nitrogens with zero attached hydrogens (tertiary/aromatic N) is 1. The van der Waals surface area contributed by atoms with Crippen LogP contribution in [0, 0.1) is 15.9 Å². The second kappa shape index (κ2) is 6.90. The molecule has 0 aliphatic rings. The predicted molar refractivity (Wildman–Crippen MR) is 65.3 cm³/mol. The molecule has 0 fully saturated rings. The van der Waals surface area contributed by atoms with Gasteiger partial charge in [0.05, 0.1) is 4.92 Å². The van der Waals surface area contributed by atoms with E-state index in [2.05, 4.69) is 5.32 Å². The third kappa shape index (κ3) is 3.96. The van der Waals surface area contributed by atoms with Crippen molar-refractivity contribution in [3.05, 3.63) is 39.7 Å². The quantitative estimate of drug-likeness (QED) is 0.375. The first-order chi connectivity index (χ1) is 8.56. The summed E-state index contributed by atoms with van der Waals surface area (Å²) >= 11 is 5.47. The van der Waals surface area contributed by atoms with E-state index in [0.717, 1.165) is 24.6 Å². The van der Waals surface area contributed by atoms with Crippen molar-refractivity contribution in [3.8, 4) is 0 Å². The fourth-order valence-corrected chi connectivity index (χ4v) is 1.55. The van der Waals surface area contributed by atoms with Gasteiger partial charge in [-0.25, -0.2) is 4.39 Å². The van der Waals surface area contributed by atoms with Crippen LogP contribution >= 0.6 is 11.6 Å². The average molecular weight is 275 g/mol. The zero-order chi connectivity index (χ0) is 13.5. The highest BCUT2D eigenvalue weighted by molar-refractivity contribution is 6.17. The number of amides is 1. The molecule has 1 rings (SSSR count). The summed E-state index contributed by atoms with van der Waals surface area (Å²) in [4.78, 5) is 21.7. The molecule has 0 unspecified atom stereocenters. The predicted octanol–water partition coefficient (Wildman–Crippen LogP) is 2.48. The number of hydrogen-bond acceptors (Lipinski definition) is 3. The summed E-state index contributed by atoms with van der Waals surface area (Å²) in [6, 6.07) is 2.78. The minimum absolute atomic E-state index is 0.272. The Hall–Kier alpha value is -1.69. The second-order valence-corrected chi connectivity index (χ2v) is 3.95. The van der Waals surface area contributed by atoms with Gasteiger partial charge in [0, 0.05) is 18.5 Å². The number of unbranched alkanes of at least 4 members (excludes halogenated alkanes) is 1. The maximum atomic E-state index is 13.0. The fourth-order valence-electron chi connectivity index (χ4n) is 1.37. The Balaban J connectivity index is 2.77. The normalized spacial score (nSPS) is 10.1. The molecule has 0 aromatic heterocycles. The van der Waals surface area contributed by atoms with E-state index in [9.17, 15) is 19.3 Å². The van der Waals surface area contributed by atoms with Crippen LogP contribution in [0.25, 0.3) is 0 Å². The van der Waals surface area contributed by atoms with Crippen molar-refractivity contribution in [2.45, 2.75) is 12.8 Å². The monoisotopic (exact) mass is 274 g/mol. The van der Waals surface area contributed by atoms with Gasteiger partial charge in [-0.15, -0.1) is 11.6 Å². The van der Waals surface area contributed by atoms with Crippen LogP contribution in [0.15, 0.2) is 18.2 Å². The molecule has 0 aliphatic carbocycles. The summed E-state index contributed by atoms with van der Waals surface area (Å²) < 4.78 is 13.0. The van der Waals surface area contributed by atoms with Crippen LogP contribution in [0.1, 0.15) is 23.2 Å². The fraction of sp³-hybridized carbons (Fsp3) is 0.364. The number of halogens is 2. The Bertz CT molecular complexity index is 454. The standard InChI is InChI=1S/C11H12ClFN2O3/c12-5-1-2-6-14-11(16)9-7-8(13)3-4-10(9)15(17)18/h3-4,7H,1-2,5-6H2,(H,14,16). The molecule has 1 aromatic carbocycles. The van der Waals surface area contributed by atoms with E-state index < -0.39 is 22.3 Å². The minimum Gasteiger partial charge on any atom is -0.352 e. The van der Waals surface area contributed by atoms with Gasteiger partial charge in [-0.1, -0.05) is 0 Å². The molecule has 7 heteroatoms. The van der Waals surface area contributed by atoms with Crippen molar-refractivity contribution < 1.29 is 14.1 Å². The van der Waals surface area contributed by atoms with Crippen molar-refractivity contribution in [2.24, 2.45) is 0 Å². The summed E-state index contributed by atoms with van der Waals surface area (Å²) in [5.74, 6) is -0.863. The lowest BCUT2D eigenvalue weighted by atomic mass is 10.1. The van der Waals surface area contributed by atoms with Gasteiger partial charge in [-0.2, -0.15) is 0 Å². The second-order valence-electron chi connectivity index (χ2n) is 3.57. The van der Waals surface area contributed by atoms with Crippen molar-refractivity contribution in [1.29, 1.82) is 0 Å². The largest absolute Gasteiger partial charge is 0.352 e. The maximum absolute atomic E-state index is 13.0.